The molecule has 2 amide bonds. The van der Waals surface area contributed by atoms with E-state index >= 15 is 0 Å². The van der Waals surface area contributed by atoms with Gasteiger partial charge in [-0.05, 0) is 29.5 Å². The Morgan fingerprint density at radius 2 is 1.48 bits per heavy atom. The summed E-state index contributed by atoms with van der Waals surface area (Å²) in [6.07, 6.45) is 0. The van der Waals surface area contributed by atoms with Crippen molar-refractivity contribution in [3.63, 3.8) is 0 Å². The lowest BCUT2D eigenvalue weighted by molar-refractivity contribution is -0.127. The summed E-state index contributed by atoms with van der Waals surface area (Å²) in [5, 5.41) is 5.46. The third-order valence-corrected chi connectivity index (χ3v) is 4.34. The van der Waals surface area contributed by atoms with Crippen molar-refractivity contribution in [2.45, 2.75) is 32.9 Å². The molecule has 0 aliphatic heterocycles. The summed E-state index contributed by atoms with van der Waals surface area (Å²) < 4.78 is 0. The summed E-state index contributed by atoms with van der Waals surface area (Å²) in [7, 11) is 0. The zero-order valence-electron chi connectivity index (χ0n) is 15.9. The van der Waals surface area contributed by atoms with Gasteiger partial charge in [0.25, 0.3) is 0 Å². The summed E-state index contributed by atoms with van der Waals surface area (Å²) in [6, 6.07) is 17.4. The van der Waals surface area contributed by atoms with Crippen LogP contribution in [0.4, 0.5) is 0 Å². The molecule has 2 aromatic rings. The number of rotatable bonds is 7. The van der Waals surface area contributed by atoms with Crippen molar-refractivity contribution in [2.75, 3.05) is 6.54 Å². The van der Waals surface area contributed by atoms with Crippen LogP contribution in [0.3, 0.4) is 0 Å². The lowest BCUT2D eigenvalue weighted by Crippen LogP contribution is -2.47. The fourth-order valence-corrected chi connectivity index (χ4v) is 2.56. The number of nitrogens with one attached hydrogen (secondary N) is 2. The molecule has 0 aliphatic carbocycles. The van der Waals surface area contributed by atoms with Crippen LogP contribution in [0.1, 0.15) is 32.4 Å². The van der Waals surface area contributed by atoms with Crippen LogP contribution in [0.2, 0.25) is 0 Å². The summed E-state index contributed by atoms with van der Waals surface area (Å²) in [5.41, 5.74) is 9.04. The van der Waals surface area contributed by atoms with Crippen molar-refractivity contribution in [1.82, 2.24) is 10.6 Å². The Kier molecular flexibility index (Phi) is 8.98. The molecular weight excluding hydrogens is 362 g/mol. The van der Waals surface area contributed by atoms with E-state index in [2.05, 4.69) is 22.8 Å². The molecule has 2 atom stereocenters. The van der Waals surface area contributed by atoms with Crippen LogP contribution in [-0.4, -0.2) is 24.4 Å². The Morgan fingerprint density at radius 1 is 0.926 bits per heavy atom. The number of nitrogens with two attached hydrogens (primary N) is 1. The molecule has 2 rings (SSSR count). The van der Waals surface area contributed by atoms with Gasteiger partial charge in [0, 0.05) is 0 Å². The Balaban J connectivity index is 0.00000364. The maximum Gasteiger partial charge on any atom is 0.239 e. The van der Waals surface area contributed by atoms with Gasteiger partial charge in [-0.25, -0.2) is 0 Å². The van der Waals surface area contributed by atoms with Gasteiger partial charge in [0.05, 0.1) is 18.6 Å². The lowest BCUT2D eigenvalue weighted by atomic mass is 10.0. The van der Waals surface area contributed by atoms with Gasteiger partial charge in [0.2, 0.25) is 11.8 Å². The molecule has 0 bridgehead atoms. The van der Waals surface area contributed by atoms with E-state index in [0.29, 0.717) is 0 Å². The fourth-order valence-electron chi connectivity index (χ4n) is 2.56. The highest BCUT2D eigenvalue weighted by Gasteiger charge is 2.18. The molecule has 4 N–H and O–H groups in total. The zero-order chi connectivity index (χ0) is 19.1. The number of carbonyl (C=O) groups excluding carboxylic acids is 2. The van der Waals surface area contributed by atoms with Crippen molar-refractivity contribution >= 4 is 24.2 Å². The summed E-state index contributed by atoms with van der Waals surface area (Å²) >= 11 is 0. The van der Waals surface area contributed by atoms with E-state index in [1.807, 2.05) is 63.2 Å². The molecule has 0 saturated carbocycles. The normalized spacial score (nSPS) is 12.6. The van der Waals surface area contributed by atoms with E-state index in [4.69, 9.17) is 5.73 Å². The molecule has 1 unspecified atom stereocenters. The van der Waals surface area contributed by atoms with Crippen LogP contribution in [0.25, 0.3) is 11.1 Å². The van der Waals surface area contributed by atoms with E-state index in [1.165, 1.54) is 0 Å². The Morgan fingerprint density at radius 3 is 2.04 bits per heavy atom. The average molecular weight is 390 g/mol. The van der Waals surface area contributed by atoms with Crippen LogP contribution in [0, 0.1) is 5.92 Å². The van der Waals surface area contributed by atoms with Gasteiger partial charge in [-0.3, -0.25) is 9.59 Å². The topological polar surface area (TPSA) is 84.2 Å². The maximum atomic E-state index is 12.0. The largest absolute Gasteiger partial charge is 0.348 e. The Bertz CT molecular complexity index is 733. The van der Waals surface area contributed by atoms with Gasteiger partial charge in [-0.1, -0.05) is 68.4 Å². The third kappa shape index (κ3) is 6.70. The van der Waals surface area contributed by atoms with Gasteiger partial charge in [-0.15, -0.1) is 12.4 Å². The highest BCUT2D eigenvalue weighted by atomic mass is 35.5. The van der Waals surface area contributed by atoms with Crippen molar-refractivity contribution in [2.24, 2.45) is 11.7 Å². The van der Waals surface area contributed by atoms with Gasteiger partial charge >= 0.3 is 0 Å². The number of hydrogen-bond donors (Lipinski definition) is 3. The van der Waals surface area contributed by atoms with E-state index in [0.717, 1.165) is 16.7 Å². The Hall–Kier alpha value is -2.37. The Labute approximate surface area is 167 Å². The molecule has 0 fully saturated rings. The molecule has 0 spiro atoms. The molecule has 2 aromatic carbocycles. The minimum Gasteiger partial charge on any atom is -0.348 e. The smallest absolute Gasteiger partial charge is 0.239 e. The minimum absolute atomic E-state index is 0. The highest BCUT2D eigenvalue weighted by molar-refractivity contribution is 5.87. The van der Waals surface area contributed by atoms with Crippen LogP contribution in [-0.2, 0) is 9.59 Å². The maximum absolute atomic E-state index is 12.0. The van der Waals surface area contributed by atoms with Crippen LogP contribution >= 0.6 is 12.4 Å². The zero-order valence-corrected chi connectivity index (χ0v) is 16.8. The first-order valence-corrected chi connectivity index (χ1v) is 8.86. The van der Waals surface area contributed by atoms with Gasteiger partial charge < -0.3 is 16.4 Å². The van der Waals surface area contributed by atoms with Gasteiger partial charge in [0.1, 0.15) is 0 Å². The van der Waals surface area contributed by atoms with Crippen molar-refractivity contribution in [3.8, 4) is 11.1 Å². The summed E-state index contributed by atoms with van der Waals surface area (Å²) in [6.45, 7) is 5.57. The molecular formula is C21H28ClN3O2. The van der Waals surface area contributed by atoms with E-state index < -0.39 is 6.04 Å². The number of halogens is 1. The summed E-state index contributed by atoms with van der Waals surface area (Å²) in [4.78, 5) is 23.8. The first-order valence-electron chi connectivity index (χ1n) is 8.86. The minimum atomic E-state index is -0.606. The first kappa shape index (κ1) is 22.7. The van der Waals surface area contributed by atoms with Crippen LogP contribution < -0.4 is 16.4 Å². The fraction of sp³-hybridized carbons (Fsp3) is 0.333. The summed E-state index contributed by atoms with van der Waals surface area (Å²) in [5.74, 6) is -0.524. The predicted molar refractivity (Wildman–Crippen MR) is 112 cm³/mol. The molecule has 0 radical (unpaired) electrons. The number of hydrogen-bond acceptors (Lipinski definition) is 3. The number of amides is 2. The van der Waals surface area contributed by atoms with Gasteiger partial charge in [0.15, 0.2) is 0 Å². The highest BCUT2D eigenvalue weighted by Crippen LogP contribution is 2.21. The molecule has 6 heteroatoms. The lowest BCUT2D eigenvalue weighted by Gasteiger charge is -2.17. The second-order valence-electron chi connectivity index (χ2n) is 6.76. The standard InChI is InChI=1S/C21H27N3O2.ClH/c1-14(2)20(22)21(26)23-13-19(25)24-15(3)16-9-11-18(12-10-16)17-7-5-4-6-8-17;/h4-12,14-15,20H,13,22H2,1-3H3,(H,23,26)(H,24,25);1H/t15?,20-;/m0./s1. The second-order valence-corrected chi connectivity index (χ2v) is 6.76. The number of benzene rings is 2. The molecule has 0 heterocycles. The monoisotopic (exact) mass is 389 g/mol. The third-order valence-electron chi connectivity index (χ3n) is 4.34. The quantitative estimate of drug-likeness (QED) is 0.680. The van der Waals surface area contributed by atoms with E-state index in [9.17, 15) is 9.59 Å². The van der Waals surface area contributed by atoms with Crippen molar-refractivity contribution in [1.29, 1.82) is 0 Å². The van der Waals surface area contributed by atoms with Crippen molar-refractivity contribution in [3.05, 3.63) is 60.2 Å². The second kappa shape index (κ2) is 10.7. The molecule has 5 nitrogen and oxygen atoms in total. The van der Waals surface area contributed by atoms with Crippen LogP contribution in [0.5, 0.6) is 0 Å². The van der Waals surface area contributed by atoms with E-state index in [1.54, 1.807) is 0 Å². The number of carbonyl (C=O) groups is 2. The van der Waals surface area contributed by atoms with Gasteiger partial charge in [-0.2, -0.15) is 0 Å². The molecule has 146 valence electrons. The molecule has 0 saturated heterocycles. The predicted octanol–water partition coefficient (Wildman–Crippen LogP) is 3.05. The average Bonchev–Trinajstić information content (AvgIpc) is 2.66. The van der Waals surface area contributed by atoms with E-state index in [-0.39, 0.29) is 42.7 Å². The van der Waals surface area contributed by atoms with Crippen molar-refractivity contribution < 1.29 is 9.59 Å². The molecule has 0 aliphatic rings. The molecule has 27 heavy (non-hydrogen) atoms. The first-order chi connectivity index (χ1) is 12.4. The SMILES string of the molecule is CC(NC(=O)CNC(=O)[C@@H](N)C(C)C)c1ccc(-c2ccccc2)cc1.Cl. The van der Waals surface area contributed by atoms with Crippen LogP contribution in [0.15, 0.2) is 54.6 Å². The molecule has 0 aromatic heterocycles.